The van der Waals surface area contributed by atoms with Crippen molar-refractivity contribution < 1.29 is 4.39 Å². The summed E-state index contributed by atoms with van der Waals surface area (Å²) in [6.07, 6.45) is 4.53. The molecule has 0 amide bonds. The fraction of sp³-hybridized carbons (Fsp3) is 0.625. The highest BCUT2D eigenvalue weighted by atomic mass is 19.1. The van der Waals surface area contributed by atoms with Crippen molar-refractivity contribution in [2.75, 3.05) is 0 Å². The van der Waals surface area contributed by atoms with Crippen LogP contribution in [0.1, 0.15) is 44.2 Å². The molecular weight excluding hydrogens is 225 g/mol. The molecule has 2 atom stereocenters. The molecule has 0 heterocycles. The van der Waals surface area contributed by atoms with Crippen LogP contribution in [0.25, 0.3) is 0 Å². The van der Waals surface area contributed by atoms with E-state index in [0.717, 1.165) is 17.5 Å². The second kappa shape index (κ2) is 5.00. The summed E-state index contributed by atoms with van der Waals surface area (Å²) < 4.78 is 13.3. The first-order valence-corrected chi connectivity index (χ1v) is 6.91. The molecule has 2 heteroatoms. The van der Waals surface area contributed by atoms with Crippen LogP contribution < -0.4 is 5.73 Å². The zero-order chi connectivity index (χ0) is 13.3. The standard InChI is InChI=1S/C16H24FN/c1-11-6-7-13(17)9-12(11)10-15(18)14-5-4-8-16(14,2)3/h6-7,9,14-15H,4-5,8,10,18H2,1-3H3. The Kier molecular flexibility index (Phi) is 3.76. The maximum absolute atomic E-state index is 13.3. The Morgan fingerprint density at radius 1 is 1.44 bits per heavy atom. The molecule has 1 aliphatic rings. The van der Waals surface area contributed by atoms with Crippen LogP contribution in [0, 0.1) is 24.1 Å². The Balaban J connectivity index is 2.11. The average molecular weight is 249 g/mol. The molecule has 0 aromatic heterocycles. The second-order valence-electron chi connectivity index (χ2n) is 6.43. The van der Waals surface area contributed by atoms with Gasteiger partial charge in [0.15, 0.2) is 0 Å². The molecular formula is C16H24FN. The van der Waals surface area contributed by atoms with Gasteiger partial charge in [0.05, 0.1) is 0 Å². The molecule has 0 aliphatic heterocycles. The maximum atomic E-state index is 13.3. The number of nitrogens with two attached hydrogens (primary N) is 1. The molecule has 2 N–H and O–H groups in total. The highest BCUT2D eigenvalue weighted by molar-refractivity contribution is 5.27. The average Bonchev–Trinajstić information content (AvgIpc) is 2.63. The lowest BCUT2D eigenvalue weighted by Gasteiger charge is -2.32. The van der Waals surface area contributed by atoms with Crippen LogP contribution >= 0.6 is 0 Å². The predicted molar refractivity (Wildman–Crippen MR) is 73.9 cm³/mol. The quantitative estimate of drug-likeness (QED) is 0.865. The van der Waals surface area contributed by atoms with Crippen molar-refractivity contribution in [3.63, 3.8) is 0 Å². The number of rotatable bonds is 3. The van der Waals surface area contributed by atoms with Gasteiger partial charge in [-0.2, -0.15) is 0 Å². The fourth-order valence-electron chi connectivity index (χ4n) is 3.40. The van der Waals surface area contributed by atoms with Gasteiger partial charge in [0, 0.05) is 6.04 Å². The van der Waals surface area contributed by atoms with Gasteiger partial charge in [-0.25, -0.2) is 4.39 Å². The molecule has 1 saturated carbocycles. The van der Waals surface area contributed by atoms with Gasteiger partial charge in [-0.05, 0) is 60.8 Å². The van der Waals surface area contributed by atoms with Crippen molar-refractivity contribution in [3.05, 3.63) is 35.1 Å². The van der Waals surface area contributed by atoms with Crippen molar-refractivity contribution in [2.45, 2.75) is 52.5 Å². The summed E-state index contributed by atoms with van der Waals surface area (Å²) in [5.74, 6) is 0.397. The predicted octanol–water partition coefficient (Wildman–Crippen LogP) is 3.83. The summed E-state index contributed by atoms with van der Waals surface area (Å²) in [4.78, 5) is 0. The van der Waals surface area contributed by atoms with E-state index in [0.29, 0.717) is 11.3 Å². The Hall–Kier alpha value is -0.890. The monoisotopic (exact) mass is 249 g/mol. The summed E-state index contributed by atoms with van der Waals surface area (Å²) >= 11 is 0. The minimum atomic E-state index is -0.159. The Morgan fingerprint density at radius 3 is 2.78 bits per heavy atom. The van der Waals surface area contributed by atoms with E-state index in [1.807, 2.05) is 13.0 Å². The third-order valence-electron chi connectivity index (χ3n) is 4.62. The molecule has 1 fully saturated rings. The molecule has 1 nitrogen and oxygen atoms in total. The van der Waals surface area contributed by atoms with Crippen molar-refractivity contribution in [2.24, 2.45) is 17.1 Å². The van der Waals surface area contributed by atoms with E-state index in [4.69, 9.17) is 5.73 Å². The van der Waals surface area contributed by atoms with Crippen LogP contribution in [-0.4, -0.2) is 6.04 Å². The van der Waals surface area contributed by atoms with Gasteiger partial charge in [0.2, 0.25) is 0 Å². The Bertz CT molecular complexity index is 425. The maximum Gasteiger partial charge on any atom is 0.123 e. The minimum absolute atomic E-state index is 0.142. The van der Waals surface area contributed by atoms with Crippen molar-refractivity contribution >= 4 is 0 Å². The molecule has 2 rings (SSSR count). The van der Waals surface area contributed by atoms with Crippen molar-refractivity contribution in [3.8, 4) is 0 Å². The molecule has 1 aromatic rings. The molecule has 1 aromatic carbocycles. The largest absolute Gasteiger partial charge is 0.327 e. The molecule has 100 valence electrons. The number of benzene rings is 1. The summed E-state index contributed by atoms with van der Waals surface area (Å²) in [5, 5.41) is 0. The van der Waals surface area contributed by atoms with Gasteiger partial charge >= 0.3 is 0 Å². The lowest BCUT2D eigenvalue weighted by atomic mass is 9.76. The first-order chi connectivity index (χ1) is 8.40. The normalized spacial score (nSPS) is 24.2. The minimum Gasteiger partial charge on any atom is -0.327 e. The highest BCUT2D eigenvalue weighted by Gasteiger charge is 2.38. The third-order valence-corrected chi connectivity index (χ3v) is 4.62. The van der Waals surface area contributed by atoms with Gasteiger partial charge < -0.3 is 5.73 Å². The molecule has 0 radical (unpaired) electrons. The van der Waals surface area contributed by atoms with Gasteiger partial charge in [0.1, 0.15) is 5.82 Å². The van der Waals surface area contributed by atoms with Crippen LogP contribution in [0.2, 0.25) is 0 Å². The van der Waals surface area contributed by atoms with Crippen LogP contribution in [0.5, 0.6) is 0 Å². The molecule has 0 saturated heterocycles. The summed E-state index contributed by atoms with van der Waals surface area (Å²) in [7, 11) is 0. The van der Waals surface area contributed by atoms with Crippen LogP contribution in [0.15, 0.2) is 18.2 Å². The van der Waals surface area contributed by atoms with E-state index < -0.39 is 0 Å². The van der Waals surface area contributed by atoms with E-state index in [1.165, 1.54) is 25.3 Å². The van der Waals surface area contributed by atoms with E-state index in [1.54, 1.807) is 6.07 Å². The molecule has 0 spiro atoms. The van der Waals surface area contributed by atoms with Crippen LogP contribution in [0.3, 0.4) is 0 Å². The SMILES string of the molecule is Cc1ccc(F)cc1CC(N)C1CCCC1(C)C. The van der Waals surface area contributed by atoms with E-state index in [-0.39, 0.29) is 11.9 Å². The van der Waals surface area contributed by atoms with E-state index in [2.05, 4.69) is 13.8 Å². The molecule has 2 unspecified atom stereocenters. The topological polar surface area (TPSA) is 26.0 Å². The van der Waals surface area contributed by atoms with E-state index in [9.17, 15) is 4.39 Å². The van der Waals surface area contributed by atoms with Crippen LogP contribution in [-0.2, 0) is 6.42 Å². The lowest BCUT2D eigenvalue weighted by molar-refractivity contribution is 0.220. The van der Waals surface area contributed by atoms with Crippen molar-refractivity contribution in [1.29, 1.82) is 0 Å². The first kappa shape index (κ1) is 13.5. The summed E-state index contributed by atoms with van der Waals surface area (Å²) in [6, 6.07) is 5.14. The second-order valence-corrected chi connectivity index (χ2v) is 6.43. The van der Waals surface area contributed by atoms with Crippen molar-refractivity contribution in [1.82, 2.24) is 0 Å². The Labute approximate surface area is 110 Å². The van der Waals surface area contributed by atoms with Gasteiger partial charge in [-0.15, -0.1) is 0 Å². The zero-order valence-corrected chi connectivity index (χ0v) is 11.7. The molecule has 1 aliphatic carbocycles. The van der Waals surface area contributed by atoms with Gasteiger partial charge in [-0.3, -0.25) is 0 Å². The van der Waals surface area contributed by atoms with Gasteiger partial charge in [-0.1, -0.05) is 26.3 Å². The first-order valence-electron chi connectivity index (χ1n) is 6.91. The Morgan fingerprint density at radius 2 is 2.17 bits per heavy atom. The third kappa shape index (κ3) is 2.74. The molecule has 18 heavy (non-hydrogen) atoms. The fourth-order valence-corrected chi connectivity index (χ4v) is 3.40. The number of hydrogen-bond acceptors (Lipinski definition) is 1. The smallest absolute Gasteiger partial charge is 0.123 e. The zero-order valence-electron chi connectivity index (χ0n) is 11.7. The van der Waals surface area contributed by atoms with Gasteiger partial charge in [0.25, 0.3) is 0 Å². The number of aryl methyl sites for hydroxylation is 1. The summed E-state index contributed by atoms with van der Waals surface area (Å²) in [5.41, 5.74) is 8.92. The highest BCUT2D eigenvalue weighted by Crippen LogP contribution is 2.44. The van der Waals surface area contributed by atoms with E-state index >= 15 is 0 Å². The number of halogens is 1. The molecule has 0 bridgehead atoms. The summed E-state index contributed by atoms with van der Waals surface area (Å²) in [6.45, 7) is 6.65. The number of hydrogen-bond donors (Lipinski definition) is 1. The lowest BCUT2D eigenvalue weighted by Crippen LogP contribution is -2.38. The van der Waals surface area contributed by atoms with Crippen LogP contribution in [0.4, 0.5) is 4.39 Å².